The van der Waals surface area contributed by atoms with Crippen LogP contribution in [0.3, 0.4) is 0 Å². The maximum atomic E-state index is 12.4. The molecule has 1 N–H and O–H groups in total. The second kappa shape index (κ2) is 7.48. The van der Waals surface area contributed by atoms with Crippen molar-refractivity contribution in [1.82, 2.24) is 4.90 Å². The van der Waals surface area contributed by atoms with Gasteiger partial charge in [0, 0.05) is 25.6 Å². The summed E-state index contributed by atoms with van der Waals surface area (Å²) < 4.78 is 5.04. The molecular weight excluding hydrogens is 246 g/mol. The lowest BCUT2D eigenvalue weighted by Crippen LogP contribution is -2.44. The van der Waals surface area contributed by atoms with Crippen LogP contribution < -0.4 is 0 Å². The zero-order valence-corrected chi connectivity index (χ0v) is 12.1. The van der Waals surface area contributed by atoms with Crippen molar-refractivity contribution in [2.45, 2.75) is 45.6 Å². The number of methoxy groups -OCH3 is 1. The number of carbonyl (C=O) groups is 2. The normalized spacial score (nSPS) is 23.4. The predicted octanol–water partition coefficient (Wildman–Crippen LogP) is 1.76. The first-order valence-electron chi connectivity index (χ1n) is 6.99. The van der Waals surface area contributed by atoms with Gasteiger partial charge >= 0.3 is 5.97 Å². The molecule has 1 saturated carbocycles. The van der Waals surface area contributed by atoms with Crippen LogP contribution in [0.4, 0.5) is 0 Å². The summed E-state index contributed by atoms with van der Waals surface area (Å²) in [6.07, 6.45) is 2.60. The molecule has 0 spiro atoms. The van der Waals surface area contributed by atoms with Crippen molar-refractivity contribution in [3.8, 4) is 0 Å². The smallest absolute Gasteiger partial charge is 0.306 e. The van der Waals surface area contributed by atoms with Gasteiger partial charge in [-0.3, -0.25) is 9.59 Å². The first-order valence-corrected chi connectivity index (χ1v) is 6.99. The number of hydrogen-bond donors (Lipinski definition) is 1. The SMILES string of the molecule is COCCN(C(=O)C1CCC(C(=O)O)CC1)C(C)C. The Hall–Kier alpha value is -1.10. The van der Waals surface area contributed by atoms with Crippen molar-refractivity contribution in [2.75, 3.05) is 20.3 Å². The van der Waals surface area contributed by atoms with E-state index in [1.54, 1.807) is 7.11 Å². The lowest BCUT2D eigenvalue weighted by atomic mass is 9.81. The average Bonchev–Trinajstić information content (AvgIpc) is 2.38. The minimum atomic E-state index is -0.731. The molecule has 1 aliphatic rings. The zero-order valence-electron chi connectivity index (χ0n) is 12.1. The second-order valence-electron chi connectivity index (χ2n) is 5.50. The monoisotopic (exact) mass is 271 g/mol. The number of carboxylic acid groups (broad SMARTS) is 1. The molecule has 0 radical (unpaired) electrons. The molecule has 110 valence electrons. The molecule has 1 rings (SSSR count). The predicted molar refractivity (Wildman–Crippen MR) is 71.8 cm³/mol. The summed E-state index contributed by atoms with van der Waals surface area (Å²) in [5, 5.41) is 8.96. The maximum absolute atomic E-state index is 12.4. The van der Waals surface area contributed by atoms with Crippen molar-refractivity contribution in [2.24, 2.45) is 11.8 Å². The Balaban J connectivity index is 2.54. The number of carbonyl (C=O) groups excluding carboxylic acids is 1. The molecule has 0 aromatic rings. The minimum absolute atomic E-state index is 0.0187. The Kier molecular flexibility index (Phi) is 6.28. The van der Waals surface area contributed by atoms with Gasteiger partial charge in [-0.25, -0.2) is 0 Å². The molecule has 0 saturated heterocycles. The molecule has 0 bridgehead atoms. The van der Waals surface area contributed by atoms with E-state index in [0.717, 1.165) is 0 Å². The summed E-state index contributed by atoms with van der Waals surface area (Å²) in [5.74, 6) is -0.868. The van der Waals surface area contributed by atoms with Crippen molar-refractivity contribution >= 4 is 11.9 Å². The van der Waals surface area contributed by atoms with Gasteiger partial charge in [-0.05, 0) is 39.5 Å². The lowest BCUT2D eigenvalue weighted by molar-refractivity contribution is -0.146. The van der Waals surface area contributed by atoms with E-state index >= 15 is 0 Å². The molecule has 0 atom stereocenters. The third-order valence-corrected chi connectivity index (χ3v) is 3.87. The van der Waals surface area contributed by atoms with Crippen LogP contribution >= 0.6 is 0 Å². The highest BCUT2D eigenvalue weighted by molar-refractivity contribution is 5.79. The van der Waals surface area contributed by atoms with Gasteiger partial charge in [-0.2, -0.15) is 0 Å². The van der Waals surface area contributed by atoms with Gasteiger partial charge in [-0.1, -0.05) is 0 Å². The number of nitrogens with zero attached hydrogens (tertiary/aromatic N) is 1. The van der Waals surface area contributed by atoms with E-state index in [9.17, 15) is 9.59 Å². The number of ether oxygens (including phenoxy) is 1. The Morgan fingerprint density at radius 3 is 2.16 bits per heavy atom. The van der Waals surface area contributed by atoms with Crippen molar-refractivity contribution < 1.29 is 19.4 Å². The summed E-state index contributed by atoms with van der Waals surface area (Å²) in [6.45, 7) is 5.13. The van der Waals surface area contributed by atoms with Crippen LogP contribution in [0.15, 0.2) is 0 Å². The van der Waals surface area contributed by atoms with E-state index in [2.05, 4.69) is 0 Å². The third-order valence-electron chi connectivity index (χ3n) is 3.87. The summed E-state index contributed by atoms with van der Waals surface area (Å²) in [4.78, 5) is 25.2. The highest BCUT2D eigenvalue weighted by Crippen LogP contribution is 2.30. The van der Waals surface area contributed by atoms with Crippen LogP contribution in [0.1, 0.15) is 39.5 Å². The summed E-state index contributed by atoms with van der Waals surface area (Å²) in [5.41, 5.74) is 0. The molecule has 1 amide bonds. The van der Waals surface area contributed by atoms with Gasteiger partial charge < -0.3 is 14.7 Å². The number of carboxylic acids is 1. The molecule has 0 heterocycles. The van der Waals surface area contributed by atoms with Gasteiger partial charge in [0.25, 0.3) is 0 Å². The highest BCUT2D eigenvalue weighted by atomic mass is 16.5. The molecule has 5 nitrogen and oxygen atoms in total. The lowest BCUT2D eigenvalue weighted by Gasteiger charge is -2.33. The molecule has 19 heavy (non-hydrogen) atoms. The quantitative estimate of drug-likeness (QED) is 0.799. The van der Waals surface area contributed by atoms with E-state index in [4.69, 9.17) is 9.84 Å². The van der Waals surface area contributed by atoms with Crippen molar-refractivity contribution in [3.05, 3.63) is 0 Å². The van der Waals surface area contributed by atoms with E-state index in [1.165, 1.54) is 0 Å². The molecule has 5 heteroatoms. The Bertz CT molecular complexity index is 309. The molecule has 0 aliphatic heterocycles. The zero-order chi connectivity index (χ0) is 14.4. The first-order chi connectivity index (χ1) is 8.97. The topological polar surface area (TPSA) is 66.8 Å². The standard InChI is InChI=1S/C14H25NO4/c1-10(2)15(8-9-19-3)13(16)11-4-6-12(7-5-11)14(17)18/h10-12H,4-9H2,1-3H3,(H,17,18). The minimum Gasteiger partial charge on any atom is -0.481 e. The molecule has 1 aliphatic carbocycles. The van der Waals surface area contributed by atoms with Gasteiger partial charge in [0.05, 0.1) is 12.5 Å². The summed E-state index contributed by atoms with van der Waals surface area (Å²) in [6, 6.07) is 0.153. The molecule has 0 unspecified atom stereocenters. The van der Waals surface area contributed by atoms with Crippen LogP contribution in [-0.4, -0.2) is 48.2 Å². The second-order valence-corrected chi connectivity index (χ2v) is 5.50. The molecule has 0 aromatic heterocycles. The summed E-state index contributed by atoms with van der Waals surface area (Å²) in [7, 11) is 1.63. The van der Waals surface area contributed by atoms with Gasteiger partial charge in [-0.15, -0.1) is 0 Å². The largest absolute Gasteiger partial charge is 0.481 e. The van der Waals surface area contributed by atoms with Crippen LogP contribution in [-0.2, 0) is 14.3 Å². The Morgan fingerprint density at radius 1 is 1.21 bits per heavy atom. The average molecular weight is 271 g/mol. The van der Waals surface area contributed by atoms with Crippen LogP contribution in [0.25, 0.3) is 0 Å². The Labute approximate surface area is 114 Å². The van der Waals surface area contributed by atoms with E-state index in [-0.39, 0.29) is 23.8 Å². The fourth-order valence-electron chi connectivity index (χ4n) is 2.63. The fraction of sp³-hybridized carbons (Fsp3) is 0.857. The van der Waals surface area contributed by atoms with Crippen LogP contribution in [0.5, 0.6) is 0 Å². The van der Waals surface area contributed by atoms with Crippen molar-refractivity contribution in [1.29, 1.82) is 0 Å². The van der Waals surface area contributed by atoms with E-state index in [0.29, 0.717) is 38.8 Å². The van der Waals surface area contributed by atoms with E-state index < -0.39 is 5.97 Å². The highest BCUT2D eigenvalue weighted by Gasteiger charge is 2.32. The fourth-order valence-corrected chi connectivity index (χ4v) is 2.63. The molecule has 1 fully saturated rings. The molecule has 0 aromatic carbocycles. The third kappa shape index (κ3) is 4.49. The maximum Gasteiger partial charge on any atom is 0.306 e. The van der Waals surface area contributed by atoms with E-state index in [1.807, 2.05) is 18.7 Å². The molecular formula is C14H25NO4. The van der Waals surface area contributed by atoms with Crippen LogP contribution in [0, 0.1) is 11.8 Å². The number of hydrogen-bond acceptors (Lipinski definition) is 3. The first kappa shape index (κ1) is 16.0. The van der Waals surface area contributed by atoms with Gasteiger partial charge in [0.1, 0.15) is 0 Å². The number of amides is 1. The number of rotatable bonds is 6. The number of aliphatic carboxylic acids is 1. The van der Waals surface area contributed by atoms with Gasteiger partial charge in [0.15, 0.2) is 0 Å². The van der Waals surface area contributed by atoms with Gasteiger partial charge in [0.2, 0.25) is 5.91 Å². The summed E-state index contributed by atoms with van der Waals surface area (Å²) >= 11 is 0. The van der Waals surface area contributed by atoms with Crippen LogP contribution in [0.2, 0.25) is 0 Å². The van der Waals surface area contributed by atoms with Crippen molar-refractivity contribution in [3.63, 3.8) is 0 Å². The Morgan fingerprint density at radius 2 is 1.74 bits per heavy atom.